The van der Waals surface area contributed by atoms with Crippen LogP contribution in [-0.2, 0) is 67.8 Å². The third kappa shape index (κ3) is 12.8. The maximum atomic E-state index is 13.2. The van der Waals surface area contributed by atoms with Crippen molar-refractivity contribution in [1.82, 2.24) is 10.9 Å². The number of hydrazine groups is 1. The van der Waals surface area contributed by atoms with E-state index in [4.69, 9.17) is 0 Å². The fourth-order valence-corrected chi connectivity index (χ4v) is 8.32. The molecule has 4 rings (SSSR count). The molecule has 0 unspecified atom stereocenters. The average Bonchev–Trinajstić information content (AvgIpc) is 3.12. The van der Waals surface area contributed by atoms with Gasteiger partial charge >= 0.3 is 0 Å². The Labute approximate surface area is 385 Å². The molecule has 0 aliphatic carbocycles. The fraction of sp³-hybridized carbons (Fsp3) is 0.536. The highest BCUT2D eigenvalue weighted by Crippen LogP contribution is 2.44. The lowest BCUT2D eigenvalue weighted by Crippen LogP contribution is -2.41. The van der Waals surface area contributed by atoms with Gasteiger partial charge in [-0.1, -0.05) is 173 Å². The van der Waals surface area contributed by atoms with E-state index in [9.17, 15) is 30.0 Å². The summed E-state index contributed by atoms with van der Waals surface area (Å²) < 4.78 is 0. The molecule has 64 heavy (non-hydrogen) atoms. The molecule has 0 bridgehead atoms. The summed E-state index contributed by atoms with van der Waals surface area (Å²) in [6.45, 7) is 37.3. The minimum atomic E-state index is -0.365. The Bertz CT molecular complexity index is 2130. The summed E-state index contributed by atoms with van der Waals surface area (Å²) in [5.41, 5.74) is 13.6. The number of nitrogens with one attached hydrogen (secondary N) is 2. The number of phenols is 4. The first-order valence-corrected chi connectivity index (χ1v) is 23.0. The number of rotatable bonds is 10. The molecule has 0 heterocycles. The summed E-state index contributed by atoms with van der Waals surface area (Å²) in [4.78, 5) is 26.4. The number of hydrogen-bond donors (Lipinski definition) is 6. The van der Waals surface area contributed by atoms with Crippen LogP contribution in [0.4, 0.5) is 0 Å². The number of amides is 2. The predicted octanol–water partition coefficient (Wildman–Crippen LogP) is 12.2. The van der Waals surface area contributed by atoms with Crippen LogP contribution in [0, 0.1) is 0 Å². The van der Waals surface area contributed by atoms with E-state index in [-0.39, 0.29) is 68.6 Å². The second-order valence-corrected chi connectivity index (χ2v) is 24.3. The molecule has 0 saturated heterocycles. The maximum Gasteiger partial charge on any atom is 0.238 e. The Morgan fingerprint density at radius 2 is 0.578 bits per heavy atom. The standard InChI is InChI=1S/C56H80N2O6/c1-51(2,3)39-27-33(23-37(47(39)61)25-35-29-41(53(7,8)9)49(63)42(30-35)54(10,11)12)19-21-45(59)57-58-46(60)22-20-34-24-38(48(62)40(28-34)52(4,5)6)26-36-31-43(55(13,14)15)50(64)44(32-36)56(16,17)18/h23-24,27-32,61-64H,19-22,25-26H2,1-18H3,(H,57,59)(H,58,60). The van der Waals surface area contributed by atoms with E-state index in [1.54, 1.807) is 0 Å². The first-order chi connectivity index (χ1) is 29.0. The van der Waals surface area contributed by atoms with Crippen molar-refractivity contribution in [1.29, 1.82) is 0 Å². The summed E-state index contributed by atoms with van der Waals surface area (Å²) in [6, 6.07) is 16.0. The van der Waals surface area contributed by atoms with Crippen molar-refractivity contribution in [3.05, 3.63) is 115 Å². The Morgan fingerprint density at radius 1 is 0.359 bits per heavy atom. The molecule has 4 aromatic rings. The maximum absolute atomic E-state index is 13.2. The zero-order valence-corrected chi connectivity index (χ0v) is 42.5. The van der Waals surface area contributed by atoms with Crippen molar-refractivity contribution in [3.63, 3.8) is 0 Å². The molecule has 0 spiro atoms. The highest BCUT2D eigenvalue weighted by molar-refractivity contribution is 5.82. The predicted molar refractivity (Wildman–Crippen MR) is 263 cm³/mol. The molecular weight excluding hydrogens is 797 g/mol. The second kappa shape index (κ2) is 18.5. The van der Waals surface area contributed by atoms with Gasteiger partial charge in [0.25, 0.3) is 0 Å². The number of hydrogen-bond acceptors (Lipinski definition) is 6. The van der Waals surface area contributed by atoms with E-state index >= 15 is 0 Å². The number of aryl methyl sites for hydroxylation is 2. The molecule has 4 aromatic carbocycles. The van der Waals surface area contributed by atoms with Crippen LogP contribution in [0.1, 0.15) is 204 Å². The number of benzene rings is 4. The lowest BCUT2D eigenvalue weighted by Gasteiger charge is -2.28. The molecule has 0 saturated carbocycles. The minimum absolute atomic E-state index is 0.122. The quantitative estimate of drug-likeness (QED) is 0.0877. The molecule has 0 aromatic heterocycles. The number of phenolic OH excluding ortho intramolecular Hbond substituents is 4. The first-order valence-electron chi connectivity index (χ1n) is 23.0. The van der Waals surface area contributed by atoms with E-state index in [2.05, 4.69) is 135 Å². The molecule has 0 aliphatic heterocycles. The second-order valence-electron chi connectivity index (χ2n) is 24.3. The Hall–Kier alpha value is -4.98. The van der Waals surface area contributed by atoms with Gasteiger partial charge in [0.05, 0.1) is 0 Å². The smallest absolute Gasteiger partial charge is 0.238 e. The first kappa shape index (κ1) is 51.7. The monoisotopic (exact) mass is 877 g/mol. The van der Waals surface area contributed by atoms with Crippen LogP contribution in [0.3, 0.4) is 0 Å². The van der Waals surface area contributed by atoms with Crippen LogP contribution in [0.2, 0.25) is 0 Å². The molecular formula is C56H80N2O6. The van der Waals surface area contributed by atoms with Crippen LogP contribution in [0.15, 0.2) is 48.5 Å². The summed E-state index contributed by atoms with van der Waals surface area (Å²) in [5, 5.41) is 45.9. The van der Waals surface area contributed by atoms with Crippen molar-refractivity contribution in [3.8, 4) is 23.0 Å². The zero-order chi connectivity index (χ0) is 48.7. The molecule has 0 atom stereocenters. The highest BCUT2D eigenvalue weighted by atomic mass is 16.3. The van der Waals surface area contributed by atoms with Gasteiger partial charge in [0.1, 0.15) is 23.0 Å². The van der Waals surface area contributed by atoms with Crippen molar-refractivity contribution in [2.75, 3.05) is 0 Å². The zero-order valence-electron chi connectivity index (χ0n) is 42.5. The van der Waals surface area contributed by atoms with Gasteiger partial charge in [0, 0.05) is 25.7 Å². The molecule has 6 N–H and O–H groups in total. The number of aromatic hydroxyl groups is 4. The normalized spacial score (nSPS) is 13.0. The van der Waals surface area contributed by atoms with Crippen molar-refractivity contribution >= 4 is 11.8 Å². The lowest BCUT2D eigenvalue weighted by atomic mass is 9.77. The molecule has 0 aliphatic rings. The number of carbonyl (C=O) groups excluding carboxylic acids is 2. The van der Waals surface area contributed by atoms with E-state index in [0.29, 0.717) is 37.2 Å². The van der Waals surface area contributed by atoms with Gasteiger partial charge in [-0.05, 0) is 112 Å². The van der Waals surface area contributed by atoms with E-state index < -0.39 is 0 Å². The molecule has 0 fully saturated rings. The summed E-state index contributed by atoms with van der Waals surface area (Å²) in [6.07, 6.45) is 1.94. The Kier molecular flexibility index (Phi) is 14.9. The van der Waals surface area contributed by atoms with Gasteiger partial charge in [-0.2, -0.15) is 0 Å². The van der Waals surface area contributed by atoms with Crippen LogP contribution in [0.5, 0.6) is 23.0 Å². The van der Waals surface area contributed by atoms with E-state index in [0.717, 1.165) is 66.8 Å². The third-order valence-corrected chi connectivity index (χ3v) is 12.1. The van der Waals surface area contributed by atoms with Crippen molar-refractivity contribution in [2.24, 2.45) is 0 Å². The van der Waals surface area contributed by atoms with Gasteiger partial charge in [-0.15, -0.1) is 0 Å². The van der Waals surface area contributed by atoms with Crippen LogP contribution >= 0.6 is 0 Å². The molecule has 2 amide bonds. The average molecular weight is 877 g/mol. The fourth-order valence-electron chi connectivity index (χ4n) is 8.32. The summed E-state index contributed by atoms with van der Waals surface area (Å²) in [7, 11) is 0. The van der Waals surface area contributed by atoms with E-state index in [1.165, 1.54) is 0 Å². The molecule has 8 heteroatoms. The molecule has 350 valence electrons. The van der Waals surface area contributed by atoms with Crippen molar-refractivity contribution < 1.29 is 30.0 Å². The van der Waals surface area contributed by atoms with Gasteiger partial charge in [0.2, 0.25) is 11.8 Å². The van der Waals surface area contributed by atoms with Crippen molar-refractivity contribution in [2.45, 2.75) is 196 Å². The third-order valence-electron chi connectivity index (χ3n) is 12.1. The summed E-state index contributed by atoms with van der Waals surface area (Å²) in [5.74, 6) is 0.426. The topological polar surface area (TPSA) is 139 Å². The van der Waals surface area contributed by atoms with Gasteiger partial charge in [-0.25, -0.2) is 0 Å². The largest absolute Gasteiger partial charge is 0.507 e. The lowest BCUT2D eigenvalue weighted by molar-refractivity contribution is -0.128. The van der Waals surface area contributed by atoms with Gasteiger partial charge in [0.15, 0.2) is 0 Å². The Balaban J connectivity index is 1.50. The van der Waals surface area contributed by atoms with Gasteiger partial charge in [-0.3, -0.25) is 20.4 Å². The SMILES string of the molecule is CC(C)(C)c1cc(CCC(=O)NNC(=O)CCc2cc(Cc3cc(C(C)(C)C)c(O)c(C(C)(C)C)c3)c(O)c(C(C)(C)C)c2)cc(Cc2cc(C(C)(C)C)c(O)c(C(C)(C)C)c2)c1O. The molecule has 0 radical (unpaired) electrons. The Morgan fingerprint density at radius 3 is 0.812 bits per heavy atom. The van der Waals surface area contributed by atoms with Crippen LogP contribution < -0.4 is 10.9 Å². The van der Waals surface area contributed by atoms with Gasteiger partial charge < -0.3 is 20.4 Å². The number of carbonyl (C=O) groups is 2. The summed E-state index contributed by atoms with van der Waals surface area (Å²) >= 11 is 0. The molecule has 8 nitrogen and oxygen atoms in total. The van der Waals surface area contributed by atoms with E-state index in [1.807, 2.05) is 48.5 Å². The minimum Gasteiger partial charge on any atom is -0.507 e. The van der Waals surface area contributed by atoms with Crippen LogP contribution in [-0.4, -0.2) is 32.2 Å². The van der Waals surface area contributed by atoms with Crippen LogP contribution in [0.25, 0.3) is 0 Å². The highest BCUT2D eigenvalue weighted by Gasteiger charge is 2.30.